The third-order valence-electron chi connectivity index (χ3n) is 2.87. The lowest BCUT2D eigenvalue weighted by atomic mass is 10.2. The fraction of sp³-hybridized carbons (Fsp3) is 0.500. The van der Waals surface area contributed by atoms with Crippen molar-refractivity contribution in [1.29, 1.82) is 0 Å². The molecule has 92 valence electrons. The lowest BCUT2D eigenvalue weighted by Gasteiger charge is -2.17. The van der Waals surface area contributed by atoms with E-state index in [9.17, 15) is 4.79 Å². The molecule has 1 aliphatic carbocycles. The summed E-state index contributed by atoms with van der Waals surface area (Å²) in [7, 11) is 3.58. The maximum Gasteiger partial charge on any atom is 0.253 e. The number of aromatic nitrogens is 1. The Hall–Kier alpha value is -1.29. The first-order valence-corrected chi connectivity index (χ1v) is 6.08. The number of hydrogen-bond donors (Lipinski definition) is 1. The molecule has 2 rings (SSSR count). The SMILES string of the molecule is CNc1cc(C(=O)N(C)CC2CC2)cc(Cl)n1. The van der Waals surface area contributed by atoms with Gasteiger partial charge in [0.2, 0.25) is 0 Å². The number of carbonyl (C=O) groups is 1. The van der Waals surface area contributed by atoms with Gasteiger partial charge in [-0.15, -0.1) is 0 Å². The molecule has 0 bridgehead atoms. The highest BCUT2D eigenvalue weighted by Crippen LogP contribution is 2.29. The van der Waals surface area contributed by atoms with Crippen molar-refractivity contribution in [3.8, 4) is 0 Å². The van der Waals surface area contributed by atoms with Gasteiger partial charge in [0, 0.05) is 26.2 Å². The fourth-order valence-corrected chi connectivity index (χ4v) is 1.95. The minimum absolute atomic E-state index is 0.00213. The highest BCUT2D eigenvalue weighted by Gasteiger charge is 2.25. The summed E-state index contributed by atoms with van der Waals surface area (Å²) in [4.78, 5) is 17.9. The Morgan fingerprint density at radius 3 is 2.88 bits per heavy atom. The molecule has 1 aliphatic rings. The number of rotatable bonds is 4. The van der Waals surface area contributed by atoms with E-state index < -0.39 is 0 Å². The molecule has 1 aromatic rings. The molecule has 0 aliphatic heterocycles. The van der Waals surface area contributed by atoms with Crippen LogP contribution in [-0.2, 0) is 0 Å². The van der Waals surface area contributed by atoms with Gasteiger partial charge in [-0.2, -0.15) is 0 Å². The lowest BCUT2D eigenvalue weighted by Crippen LogP contribution is -2.28. The van der Waals surface area contributed by atoms with Gasteiger partial charge in [0.15, 0.2) is 0 Å². The zero-order valence-electron chi connectivity index (χ0n) is 10.0. The summed E-state index contributed by atoms with van der Waals surface area (Å²) >= 11 is 5.87. The average Bonchev–Trinajstić information content (AvgIpc) is 3.10. The van der Waals surface area contributed by atoms with Crippen molar-refractivity contribution in [3.05, 3.63) is 22.8 Å². The van der Waals surface area contributed by atoms with Gasteiger partial charge in [0.05, 0.1) is 0 Å². The summed E-state index contributed by atoms with van der Waals surface area (Å²) in [5.41, 5.74) is 0.581. The van der Waals surface area contributed by atoms with Crippen LogP contribution in [-0.4, -0.2) is 36.4 Å². The zero-order chi connectivity index (χ0) is 12.4. The number of nitrogens with one attached hydrogen (secondary N) is 1. The monoisotopic (exact) mass is 253 g/mol. The summed E-state index contributed by atoms with van der Waals surface area (Å²) in [5.74, 6) is 1.29. The molecule has 1 amide bonds. The van der Waals surface area contributed by atoms with Crippen LogP contribution < -0.4 is 5.32 Å². The second-order valence-corrected chi connectivity index (χ2v) is 4.83. The van der Waals surface area contributed by atoms with Crippen molar-refractivity contribution in [2.24, 2.45) is 5.92 Å². The first kappa shape index (κ1) is 12.2. The Kier molecular flexibility index (Phi) is 3.52. The Bertz CT molecular complexity index is 432. The van der Waals surface area contributed by atoms with Crippen LogP contribution in [0.2, 0.25) is 5.15 Å². The van der Waals surface area contributed by atoms with Crippen molar-refractivity contribution in [3.63, 3.8) is 0 Å². The predicted molar refractivity (Wildman–Crippen MR) is 68.5 cm³/mol. The molecule has 0 unspecified atom stereocenters. The van der Waals surface area contributed by atoms with Crippen LogP contribution in [0.15, 0.2) is 12.1 Å². The third-order valence-corrected chi connectivity index (χ3v) is 3.07. The minimum Gasteiger partial charge on any atom is -0.373 e. The quantitative estimate of drug-likeness (QED) is 0.838. The van der Waals surface area contributed by atoms with E-state index in [0.717, 1.165) is 6.54 Å². The molecule has 1 fully saturated rings. The van der Waals surface area contributed by atoms with Crippen molar-refractivity contribution in [2.45, 2.75) is 12.8 Å². The lowest BCUT2D eigenvalue weighted by molar-refractivity contribution is 0.0788. The van der Waals surface area contributed by atoms with E-state index in [1.165, 1.54) is 12.8 Å². The Morgan fingerprint density at radius 1 is 1.59 bits per heavy atom. The van der Waals surface area contributed by atoms with Gasteiger partial charge in [0.1, 0.15) is 11.0 Å². The molecule has 1 aromatic heterocycles. The molecule has 0 spiro atoms. The molecule has 4 nitrogen and oxygen atoms in total. The molecule has 17 heavy (non-hydrogen) atoms. The molecule has 1 N–H and O–H groups in total. The summed E-state index contributed by atoms with van der Waals surface area (Å²) in [6.45, 7) is 0.827. The summed E-state index contributed by atoms with van der Waals surface area (Å²) in [6.07, 6.45) is 2.47. The standard InChI is InChI=1S/C12H16ClN3O/c1-14-11-6-9(5-10(13)15-11)12(17)16(2)7-8-3-4-8/h5-6,8H,3-4,7H2,1-2H3,(H,14,15). The molecule has 5 heteroatoms. The maximum absolute atomic E-state index is 12.1. The molecule has 0 atom stereocenters. The van der Waals surface area contributed by atoms with Gasteiger partial charge in [-0.1, -0.05) is 11.6 Å². The van der Waals surface area contributed by atoms with Crippen molar-refractivity contribution < 1.29 is 4.79 Å². The Morgan fingerprint density at radius 2 is 2.29 bits per heavy atom. The molecule has 0 radical (unpaired) electrons. The fourth-order valence-electron chi connectivity index (χ4n) is 1.74. The number of nitrogens with zero attached hydrogens (tertiary/aromatic N) is 2. The van der Waals surface area contributed by atoms with Gasteiger partial charge in [-0.3, -0.25) is 4.79 Å². The first-order chi connectivity index (χ1) is 8.10. The van der Waals surface area contributed by atoms with Crippen molar-refractivity contribution >= 4 is 23.3 Å². The number of amides is 1. The van der Waals surface area contributed by atoms with E-state index in [2.05, 4.69) is 10.3 Å². The van der Waals surface area contributed by atoms with E-state index in [4.69, 9.17) is 11.6 Å². The minimum atomic E-state index is -0.00213. The van der Waals surface area contributed by atoms with Crippen molar-refractivity contribution in [2.75, 3.05) is 26.0 Å². The van der Waals surface area contributed by atoms with E-state index in [1.807, 2.05) is 7.05 Å². The first-order valence-electron chi connectivity index (χ1n) is 5.71. The predicted octanol–water partition coefficient (Wildman–Crippen LogP) is 2.26. The number of carbonyl (C=O) groups excluding carboxylic acids is 1. The van der Waals surface area contributed by atoms with Crippen molar-refractivity contribution in [1.82, 2.24) is 9.88 Å². The zero-order valence-corrected chi connectivity index (χ0v) is 10.8. The van der Waals surface area contributed by atoms with E-state index in [0.29, 0.717) is 22.5 Å². The Labute approximate surface area is 106 Å². The second-order valence-electron chi connectivity index (χ2n) is 4.44. The topological polar surface area (TPSA) is 45.2 Å². The van der Waals surface area contributed by atoms with Gasteiger partial charge in [-0.25, -0.2) is 4.98 Å². The molecule has 0 aromatic carbocycles. The van der Waals surface area contributed by atoms with Crippen LogP contribution in [0.4, 0.5) is 5.82 Å². The smallest absolute Gasteiger partial charge is 0.253 e. The number of anilines is 1. The summed E-state index contributed by atoms with van der Waals surface area (Å²) in [5, 5.41) is 3.22. The average molecular weight is 254 g/mol. The molecular formula is C12H16ClN3O. The number of hydrogen-bond acceptors (Lipinski definition) is 3. The van der Waals surface area contributed by atoms with Gasteiger partial charge < -0.3 is 10.2 Å². The van der Waals surface area contributed by atoms with E-state index >= 15 is 0 Å². The largest absolute Gasteiger partial charge is 0.373 e. The molecule has 1 saturated carbocycles. The molecular weight excluding hydrogens is 238 g/mol. The summed E-state index contributed by atoms with van der Waals surface area (Å²) in [6, 6.07) is 3.33. The van der Waals surface area contributed by atoms with Crippen LogP contribution >= 0.6 is 11.6 Å². The highest BCUT2D eigenvalue weighted by atomic mass is 35.5. The van der Waals surface area contributed by atoms with Gasteiger partial charge in [0.25, 0.3) is 5.91 Å². The second kappa shape index (κ2) is 4.92. The van der Waals surface area contributed by atoms with E-state index in [1.54, 1.807) is 24.1 Å². The third kappa shape index (κ3) is 3.09. The molecule has 1 heterocycles. The number of halogens is 1. The van der Waals surface area contributed by atoms with Crippen LogP contribution in [0.25, 0.3) is 0 Å². The number of pyridine rings is 1. The summed E-state index contributed by atoms with van der Waals surface area (Å²) < 4.78 is 0. The normalized spacial score (nSPS) is 14.5. The van der Waals surface area contributed by atoms with Crippen LogP contribution in [0, 0.1) is 5.92 Å². The van der Waals surface area contributed by atoms with Gasteiger partial charge in [-0.05, 0) is 30.9 Å². The maximum atomic E-state index is 12.1. The Balaban J connectivity index is 2.13. The van der Waals surface area contributed by atoms with E-state index in [-0.39, 0.29) is 5.91 Å². The van der Waals surface area contributed by atoms with Crippen LogP contribution in [0.1, 0.15) is 23.2 Å². The highest BCUT2D eigenvalue weighted by molar-refractivity contribution is 6.29. The van der Waals surface area contributed by atoms with Crippen LogP contribution in [0.3, 0.4) is 0 Å². The van der Waals surface area contributed by atoms with Crippen LogP contribution in [0.5, 0.6) is 0 Å². The molecule has 0 saturated heterocycles. The van der Waals surface area contributed by atoms with Gasteiger partial charge >= 0.3 is 0 Å².